The van der Waals surface area contributed by atoms with E-state index < -0.39 is 0 Å². The molecule has 2 heterocycles. The fourth-order valence-electron chi connectivity index (χ4n) is 2.62. The topological polar surface area (TPSA) is 53.4 Å². The van der Waals surface area contributed by atoms with Crippen molar-refractivity contribution in [2.24, 2.45) is 5.92 Å². The molecule has 1 fully saturated rings. The van der Waals surface area contributed by atoms with E-state index in [4.69, 9.17) is 5.11 Å². The molecule has 0 radical (unpaired) electrons. The third kappa shape index (κ3) is 3.11. The zero-order valence-electron chi connectivity index (χ0n) is 11.8. The largest absolute Gasteiger partial charge is 0.396 e. The zero-order chi connectivity index (χ0) is 14.7. The van der Waals surface area contributed by atoms with Gasteiger partial charge in [-0.15, -0.1) is 0 Å². The molecule has 1 unspecified atom stereocenters. The first kappa shape index (κ1) is 13.8. The third-order valence-corrected chi connectivity index (χ3v) is 3.87. The molecule has 1 aromatic heterocycles. The number of rotatable bonds is 3. The van der Waals surface area contributed by atoms with Crippen LogP contribution in [0.2, 0.25) is 0 Å². The molecule has 1 aromatic carbocycles. The van der Waals surface area contributed by atoms with Gasteiger partial charge in [-0.25, -0.2) is 4.98 Å². The Morgan fingerprint density at radius 1 is 1.33 bits per heavy atom. The molecule has 0 aliphatic carbocycles. The number of aliphatic hydroxyl groups excluding tert-OH is 1. The number of pyridine rings is 1. The molecule has 1 atom stereocenters. The second-order valence-corrected chi connectivity index (χ2v) is 5.38. The summed E-state index contributed by atoms with van der Waals surface area (Å²) in [6.07, 6.45) is 4.20. The Morgan fingerprint density at radius 3 is 3.00 bits per heavy atom. The van der Waals surface area contributed by atoms with Crippen LogP contribution < -0.4 is 0 Å². The summed E-state index contributed by atoms with van der Waals surface area (Å²) < 4.78 is 0. The van der Waals surface area contributed by atoms with Crippen LogP contribution in [0.1, 0.15) is 12.1 Å². The van der Waals surface area contributed by atoms with Crippen molar-refractivity contribution in [2.45, 2.75) is 6.42 Å². The highest BCUT2D eigenvalue weighted by atomic mass is 16.3. The summed E-state index contributed by atoms with van der Waals surface area (Å²) in [5.74, 6) is 0.210. The molecule has 1 aliphatic rings. The number of fused-ring (bicyclic) bond motifs is 1. The van der Waals surface area contributed by atoms with Crippen molar-refractivity contribution in [3.8, 4) is 0 Å². The number of carbonyl (C=O) groups excluding carboxylic acids is 1. The summed E-state index contributed by atoms with van der Waals surface area (Å²) in [6, 6.07) is 11.8. The minimum Gasteiger partial charge on any atom is -0.396 e. The Hall–Kier alpha value is -2.20. The smallest absolute Gasteiger partial charge is 0.246 e. The van der Waals surface area contributed by atoms with Crippen molar-refractivity contribution >= 4 is 22.9 Å². The molecule has 1 N–H and O–H groups in total. The monoisotopic (exact) mass is 282 g/mol. The van der Waals surface area contributed by atoms with Crippen LogP contribution in [0.3, 0.4) is 0 Å². The molecule has 0 spiro atoms. The lowest BCUT2D eigenvalue weighted by atomic mass is 10.1. The molecule has 4 heteroatoms. The van der Waals surface area contributed by atoms with Crippen LogP contribution in [0, 0.1) is 5.92 Å². The van der Waals surface area contributed by atoms with E-state index in [-0.39, 0.29) is 18.4 Å². The van der Waals surface area contributed by atoms with E-state index in [2.05, 4.69) is 4.98 Å². The average Bonchev–Trinajstić information content (AvgIpc) is 3.01. The molecule has 1 saturated heterocycles. The Morgan fingerprint density at radius 2 is 2.19 bits per heavy atom. The van der Waals surface area contributed by atoms with Gasteiger partial charge < -0.3 is 10.0 Å². The maximum atomic E-state index is 12.1. The van der Waals surface area contributed by atoms with Crippen LogP contribution in [0.15, 0.2) is 42.5 Å². The minimum absolute atomic E-state index is 0.0130. The molecule has 1 aliphatic heterocycles. The van der Waals surface area contributed by atoms with Gasteiger partial charge in [-0.2, -0.15) is 0 Å². The van der Waals surface area contributed by atoms with Crippen LogP contribution in [0.25, 0.3) is 17.0 Å². The van der Waals surface area contributed by atoms with Gasteiger partial charge in [0.05, 0.1) is 11.2 Å². The van der Waals surface area contributed by atoms with Crippen LogP contribution in [-0.2, 0) is 4.79 Å². The summed E-state index contributed by atoms with van der Waals surface area (Å²) in [5.41, 5.74) is 1.70. The Balaban J connectivity index is 1.71. The van der Waals surface area contributed by atoms with Crippen molar-refractivity contribution in [3.05, 3.63) is 48.2 Å². The molecule has 0 saturated carbocycles. The van der Waals surface area contributed by atoms with Crippen molar-refractivity contribution < 1.29 is 9.90 Å². The summed E-state index contributed by atoms with van der Waals surface area (Å²) in [5, 5.41) is 10.2. The summed E-state index contributed by atoms with van der Waals surface area (Å²) in [7, 11) is 0. The van der Waals surface area contributed by atoms with Gasteiger partial charge in [-0.1, -0.05) is 24.3 Å². The quantitative estimate of drug-likeness (QED) is 0.877. The van der Waals surface area contributed by atoms with Crippen molar-refractivity contribution in [1.29, 1.82) is 0 Å². The Bertz CT molecular complexity index is 681. The van der Waals surface area contributed by atoms with Crippen molar-refractivity contribution in [3.63, 3.8) is 0 Å². The van der Waals surface area contributed by atoms with E-state index in [1.807, 2.05) is 36.4 Å². The predicted molar refractivity (Wildman–Crippen MR) is 82.5 cm³/mol. The number of aromatic nitrogens is 1. The SMILES string of the molecule is O=C(/C=C/c1ccc2ccccc2n1)N1CCC(CO)C1. The molecule has 1 amide bonds. The molecular weight excluding hydrogens is 264 g/mol. The highest BCUT2D eigenvalue weighted by molar-refractivity contribution is 5.92. The molecule has 4 nitrogen and oxygen atoms in total. The number of para-hydroxylation sites is 1. The number of nitrogens with zero attached hydrogens (tertiary/aromatic N) is 2. The van der Waals surface area contributed by atoms with E-state index in [1.54, 1.807) is 17.1 Å². The predicted octanol–water partition coefficient (Wildman–Crippen LogP) is 2.09. The molecule has 21 heavy (non-hydrogen) atoms. The van der Waals surface area contributed by atoms with Gasteiger partial charge in [0.25, 0.3) is 0 Å². The number of amides is 1. The van der Waals surface area contributed by atoms with Crippen LogP contribution in [0.4, 0.5) is 0 Å². The first-order valence-electron chi connectivity index (χ1n) is 7.20. The first-order valence-corrected chi connectivity index (χ1v) is 7.20. The number of hydrogen-bond donors (Lipinski definition) is 1. The van der Waals surface area contributed by atoms with E-state index in [9.17, 15) is 4.79 Å². The minimum atomic E-state index is -0.0130. The lowest BCUT2D eigenvalue weighted by molar-refractivity contribution is -0.125. The van der Waals surface area contributed by atoms with Gasteiger partial charge in [-0.05, 0) is 24.6 Å². The molecule has 2 aromatic rings. The molecule has 3 rings (SSSR count). The van der Waals surface area contributed by atoms with Gasteiger partial charge >= 0.3 is 0 Å². The van der Waals surface area contributed by atoms with E-state index in [1.165, 1.54) is 0 Å². The van der Waals surface area contributed by atoms with Crippen LogP contribution >= 0.6 is 0 Å². The number of aliphatic hydroxyl groups is 1. The third-order valence-electron chi connectivity index (χ3n) is 3.87. The van der Waals surface area contributed by atoms with Gasteiger partial charge in [0.2, 0.25) is 5.91 Å². The van der Waals surface area contributed by atoms with Gasteiger partial charge in [0.15, 0.2) is 0 Å². The fourth-order valence-corrected chi connectivity index (χ4v) is 2.62. The Labute approximate surface area is 123 Å². The second kappa shape index (κ2) is 6.06. The number of carbonyl (C=O) groups is 1. The van der Waals surface area contributed by atoms with E-state index in [0.717, 1.165) is 29.6 Å². The lowest BCUT2D eigenvalue weighted by Crippen LogP contribution is -2.27. The van der Waals surface area contributed by atoms with Crippen LogP contribution in [-0.4, -0.2) is 40.6 Å². The van der Waals surface area contributed by atoms with E-state index >= 15 is 0 Å². The van der Waals surface area contributed by atoms with Gasteiger partial charge in [0, 0.05) is 37.1 Å². The highest BCUT2D eigenvalue weighted by Crippen LogP contribution is 2.16. The summed E-state index contributed by atoms with van der Waals surface area (Å²) in [4.78, 5) is 18.4. The second-order valence-electron chi connectivity index (χ2n) is 5.38. The number of benzene rings is 1. The molecule has 108 valence electrons. The fraction of sp³-hybridized carbons (Fsp3) is 0.294. The van der Waals surface area contributed by atoms with Crippen LogP contribution in [0.5, 0.6) is 0 Å². The first-order chi connectivity index (χ1) is 10.3. The standard InChI is InChI=1S/C17H18N2O2/c20-12-13-9-10-19(11-13)17(21)8-7-15-6-5-14-3-1-2-4-16(14)18-15/h1-8,13,20H,9-12H2/b8-7+. The Kier molecular flexibility index (Phi) is 3.97. The van der Waals surface area contributed by atoms with Crippen molar-refractivity contribution in [2.75, 3.05) is 19.7 Å². The van der Waals surface area contributed by atoms with Gasteiger partial charge in [0.1, 0.15) is 0 Å². The van der Waals surface area contributed by atoms with Gasteiger partial charge in [-0.3, -0.25) is 4.79 Å². The molecular formula is C17H18N2O2. The zero-order valence-corrected chi connectivity index (χ0v) is 11.8. The van der Waals surface area contributed by atoms with E-state index in [0.29, 0.717) is 6.54 Å². The summed E-state index contributed by atoms with van der Waals surface area (Å²) >= 11 is 0. The maximum Gasteiger partial charge on any atom is 0.246 e. The number of likely N-dealkylation sites (tertiary alicyclic amines) is 1. The average molecular weight is 282 g/mol. The molecule has 0 bridgehead atoms. The number of hydrogen-bond acceptors (Lipinski definition) is 3. The maximum absolute atomic E-state index is 12.1. The normalized spacial score (nSPS) is 18.7. The lowest BCUT2D eigenvalue weighted by Gasteiger charge is -2.13. The van der Waals surface area contributed by atoms with Crippen molar-refractivity contribution in [1.82, 2.24) is 9.88 Å². The summed E-state index contributed by atoms with van der Waals surface area (Å²) in [6.45, 7) is 1.52. The highest BCUT2D eigenvalue weighted by Gasteiger charge is 2.24.